The summed E-state index contributed by atoms with van der Waals surface area (Å²) in [5.74, 6) is 0. The molecule has 3 rings (SSSR count). The van der Waals surface area contributed by atoms with E-state index in [4.69, 9.17) is 23.2 Å². The van der Waals surface area contributed by atoms with Gasteiger partial charge in [-0.15, -0.1) is 0 Å². The van der Waals surface area contributed by atoms with Gasteiger partial charge in [0.05, 0.1) is 6.04 Å². The molecule has 0 heterocycles. The normalized spacial score (nSPS) is 12.3. The van der Waals surface area contributed by atoms with Crippen molar-refractivity contribution in [3.8, 4) is 0 Å². The monoisotopic (exact) mass is 315 g/mol. The van der Waals surface area contributed by atoms with Crippen molar-refractivity contribution in [3.63, 3.8) is 0 Å². The zero-order valence-corrected chi connectivity index (χ0v) is 13.1. The molecule has 3 aromatic carbocycles. The van der Waals surface area contributed by atoms with Gasteiger partial charge in [0.1, 0.15) is 0 Å². The van der Waals surface area contributed by atoms with Crippen molar-refractivity contribution in [2.45, 2.75) is 13.0 Å². The summed E-state index contributed by atoms with van der Waals surface area (Å²) in [6, 6.07) is 20.2. The molecule has 0 radical (unpaired) electrons. The lowest BCUT2D eigenvalue weighted by Crippen LogP contribution is -2.07. The Morgan fingerprint density at radius 2 is 1.67 bits per heavy atom. The fraction of sp³-hybridized carbons (Fsp3) is 0.111. The van der Waals surface area contributed by atoms with E-state index < -0.39 is 0 Å². The Bertz CT molecular complexity index is 778. The number of nitrogens with one attached hydrogen (secondary N) is 1. The van der Waals surface area contributed by atoms with Crippen molar-refractivity contribution in [2.75, 3.05) is 5.32 Å². The maximum Gasteiger partial charge on any atom is 0.0501 e. The third-order valence-corrected chi connectivity index (χ3v) is 4.17. The molecule has 3 aromatic rings. The number of rotatable bonds is 3. The van der Waals surface area contributed by atoms with Crippen LogP contribution in [0.4, 0.5) is 5.69 Å². The summed E-state index contributed by atoms with van der Waals surface area (Å²) in [5, 5.41) is 7.36. The molecule has 1 N–H and O–H groups in total. The van der Waals surface area contributed by atoms with Gasteiger partial charge in [-0.25, -0.2) is 0 Å². The topological polar surface area (TPSA) is 12.0 Å². The minimum Gasteiger partial charge on any atom is -0.378 e. The summed E-state index contributed by atoms with van der Waals surface area (Å²) in [4.78, 5) is 0. The maximum absolute atomic E-state index is 6.28. The first kappa shape index (κ1) is 14.2. The van der Waals surface area contributed by atoms with Crippen molar-refractivity contribution in [3.05, 3.63) is 76.3 Å². The molecule has 0 aliphatic carbocycles. The van der Waals surface area contributed by atoms with Crippen molar-refractivity contribution in [1.29, 1.82) is 0 Å². The van der Waals surface area contributed by atoms with Crippen LogP contribution in [0.2, 0.25) is 10.0 Å². The van der Waals surface area contributed by atoms with Crippen molar-refractivity contribution in [1.82, 2.24) is 0 Å². The summed E-state index contributed by atoms with van der Waals surface area (Å²) in [6.07, 6.45) is 0. The molecule has 0 spiro atoms. The highest BCUT2D eigenvalue weighted by molar-refractivity contribution is 6.33. The van der Waals surface area contributed by atoms with Crippen molar-refractivity contribution >= 4 is 39.7 Å². The Kier molecular flexibility index (Phi) is 4.05. The van der Waals surface area contributed by atoms with Crippen LogP contribution in [0.25, 0.3) is 10.8 Å². The Morgan fingerprint density at radius 1 is 0.905 bits per heavy atom. The molecule has 0 fully saturated rings. The van der Waals surface area contributed by atoms with E-state index in [9.17, 15) is 0 Å². The molecule has 1 atom stereocenters. The predicted octanol–water partition coefficient (Wildman–Crippen LogP) is 6.32. The number of anilines is 1. The zero-order valence-electron chi connectivity index (χ0n) is 11.6. The lowest BCUT2D eigenvalue weighted by atomic mass is 10.1. The first-order chi connectivity index (χ1) is 10.1. The lowest BCUT2D eigenvalue weighted by molar-refractivity contribution is 0.887. The maximum atomic E-state index is 6.28. The van der Waals surface area contributed by atoms with Crippen LogP contribution in [0.3, 0.4) is 0 Å². The van der Waals surface area contributed by atoms with Crippen LogP contribution < -0.4 is 5.32 Å². The van der Waals surface area contributed by atoms with Gasteiger partial charge in [0.15, 0.2) is 0 Å². The first-order valence-electron chi connectivity index (χ1n) is 6.84. The van der Waals surface area contributed by atoms with E-state index in [1.165, 1.54) is 10.8 Å². The fourth-order valence-corrected chi connectivity index (χ4v) is 2.97. The average molecular weight is 316 g/mol. The molecule has 3 heteroatoms. The van der Waals surface area contributed by atoms with Crippen LogP contribution in [0.15, 0.2) is 60.7 Å². The summed E-state index contributed by atoms with van der Waals surface area (Å²) >= 11 is 12.3. The van der Waals surface area contributed by atoms with E-state index in [0.29, 0.717) is 5.02 Å². The summed E-state index contributed by atoms with van der Waals surface area (Å²) in [6.45, 7) is 2.08. The molecular formula is C18H15Cl2N. The van der Waals surface area contributed by atoms with E-state index in [-0.39, 0.29) is 6.04 Å². The molecular weight excluding hydrogens is 301 g/mol. The molecule has 0 aliphatic rings. The Hall–Kier alpha value is -1.70. The number of hydrogen-bond donors (Lipinski definition) is 1. The second-order valence-corrected chi connectivity index (χ2v) is 5.90. The summed E-state index contributed by atoms with van der Waals surface area (Å²) in [7, 11) is 0. The molecule has 0 saturated carbocycles. The smallest absolute Gasteiger partial charge is 0.0501 e. The molecule has 0 aromatic heterocycles. The van der Waals surface area contributed by atoms with Gasteiger partial charge in [-0.2, -0.15) is 0 Å². The molecule has 21 heavy (non-hydrogen) atoms. The van der Waals surface area contributed by atoms with Gasteiger partial charge in [-0.1, -0.05) is 59.6 Å². The van der Waals surface area contributed by atoms with Gasteiger partial charge in [-0.3, -0.25) is 0 Å². The lowest BCUT2D eigenvalue weighted by Gasteiger charge is -2.18. The highest BCUT2D eigenvalue weighted by Crippen LogP contribution is 2.31. The number of halogens is 2. The van der Waals surface area contributed by atoms with Crippen LogP contribution in [-0.2, 0) is 0 Å². The Morgan fingerprint density at radius 3 is 2.52 bits per heavy atom. The van der Waals surface area contributed by atoms with Crippen LogP contribution >= 0.6 is 23.2 Å². The first-order valence-corrected chi connectivity index (χ1v) is 7.60. The van der Waals surface area contributed by atoms with E-state index >= 15 is 0 Å². The van der Waals surface area contributed by atoms with Crippen LogP contribution in [-0.4, -0.2) is 0 Å². The highest BCUT2D eigenvalue weighted by atomic mass is 35.5. The third kappa shape index (κ3) is 2.99. The summed E-state index contributed by atoms with van der Waals surface area (Å²) < 4.78 is 0. The van der Waals surface area contributed by atoms with Gasteiger partial charge in [0.25, 0.3) is 0 Å². The summed E-state index contributed by atoms with van der Waals surface area (Å²) in [5.41, 5.74) is 2.09. The number of benzene rings is 3. The van der Waals surface area contributed by atoms with Gasteiger partial charge >= 0.3 is 0 Å². The van der Waals surface area contributed by atoms with E-state index in [1.54, 1.807) is 6.07 Å². The van der Waals surface area contributed by atoms with Crippen molar-refractivity contribution in [2.24, 2.45) is 0 Å². The molecule has 0 amide bonds. The standard InChI is InChI=1S/C18H15Cl2N/c1-12(16-11-14(19)9-10-17(16)20)21-18-8-4-6-13-5-2-3-7-15(13)18/h2-12,21H,1H3. The minimum absolute atomic E-state index is 0.0713. The van der Waals surface area contributed by atoms with Crippen molar-refractivity contribution < 1.29 is 0 Å². The van der Waals surface area contributed by atoms with Crippen LogP contribution in [0.5, 0.6) is 0 Å². The minimum atomic E-state index is 0.0713. The van der Waals surface area contributed by atoms with E-state index in [1.807, 2.05) is 24.3 Å². The van der Waals surface area contributed by atoms with Crippen LogP contribution in [0, 0.1) is 0 Å². The average Bonchev–Trinajstić information content (AvgIpc) is 2.50. The molecule has 0 saturated heterocycles. The second-order valence-electron chi connectivity index (χ2n) is 5.06. The highest BCUT2D eigenvalue weighted by Gasteiger charge is 2.11. The molecule has 0 bridgehead atoms. The molecule has 106 valence electrons. The second kappa shape index (κ2) is 5.97. The Balaban J connectivity index is 1.96. The van der Waals surface area contributed by atoms with Gasteiger partial charge < -0.3 is 5.32 Å². The molecule has 0 aliphatic heterocycles. The zero-order chi connectivity index (χ0) is 14.8. The van der Waals surface area contributed by atoms with E-state index in [2.05, 4.69) is 42.6 Å². The quantitative estimate of drug-likeness (QED) is 0.596. The molecule has 1 nitrogen and oxygen atoms in total. The van der Waals surface area contributed by atoms with Gasteiger partial charge in [0.2, 0.25) is 0 Å². The number of fused-ring (bicyclic) bond motifs is 1. The van der Waals surface area contributed by atoms with Crippen LogP contribution in [0.1, 0.15) is 18.5 Å². The van der Waals surface area contributed by atoms with E-state index in [0.717, 1.165) is 16.3 Å². The van der Waals surface area contributed by atoms with Gasteiger partial charge in [0, 0.05) is 21.1 Å². The Labute approximate surface area is 134 Å². The SMILES string of the molecule is CC(Nc1cccc2ccccc12)c1cc(Cl)ccc1Cl. The third-order valence-electron chi connectivity index (χ3n) is 3.59. The molecule has 1 unspecified atom stereocenters. The fourth-order valence-electron chi connectivity index (χ4n) is 2.51. The predicted molar refractivity (Wildman–Crippen MR) is 92.4 cm³/mol. The number of hydrogen-bond acceptors (Lipinski definition) is 1. The largest absolute Gasteiger partial charge is 0.378 e. The van der Waals surface area contributed by atoms with Gasteiger partial charge in [-0.05, 0) is 42.1 Å².